The predicted molar refractivity (Wildman–Crippen MR) is 79.9 cm³/mol. The minimum Gasteiger partial charge on any atom is -0.448 e. The van der Waals surface area contributed by atoms with Crippen molar-refractivity contribution in [1.82, 2.24) is 10.0 Å². The van der Waals surface area contributed by atoms with E-state index in [4.69, 9.17) is 9.47 Å². The third-order valence-electron chi connectivity index (χ3n) is 5.41. The lowest BCUT2D eigenvalue weighted by atomic mass is 9.61. The number of carbonyl (C=O) groups excluding carboxylic acids is 2. The molecule has 0 aromatic heterocycles. The molecule has 6 nitrogen and oxygen atoms in total. The molecule has 3 aliphatic rings. The topological polar surface area (TPSA) is 59.1 Å². The van der Waals surface area contributed by atoms with Crippen LogP contribution >= 0.6 is 0 Å². The van der Waals surface area contributed by atoms with E-state index in [1.54, 1.807) is 13.8 Å². The molecular weight excluding hydrogens is 284 g/mol. The fourth-order valence-corrected chi connectivity index (χ4v) is 4.13. The lowest BCUT2D eigenvalue weighted by Gasteiger charge is -2.45. The molecule has 0 aromatic rings. The van der Waals surface area contributed by atoms with Crippen LogP contribution in [0.1, 0.15) is 40.0 Å². The highest BCUT2D eigenvalue weighted by Crippen LogP contribution is 2.61. The van der Waals surface area contributed by atoms with Gasteiger partial charge in [0.2, 0.25) is 0 Å². The molecule has 6 heteroatoms. The molecule has 0 saturated heterocycles. The first-order valence-electron chi connectivity index (χ1n) is 8.13. The second-order valence-electron chi connectivity index (χ2n) is 6.39. The molecule has 1 heterocycles. The Morgan fingerprint density at radius 3 is 2.55 bits per heavy atom. The van der Waals surface area contributed by atoms with Gasteiger partial charge in [0.1, 0.15) is 0 Å². The summed E-state index contributed by atoms with van der Waals surface area (Å²) in [6.07, 6.45) is 4.41. The van der Waals surface area contributed by atoms with Gasteiger partial charge in [-0.05, 0) is 50.0 Å². The molecule has 22 heavy (non-hydrogen) atoms. The Morgan fingerprint density at radius 1 is 1.27 bits per heavy atom. The molecule has 1 aliphatic heterocycles. The van der Waals surface area contributed by atoms with E-state index in [-0.39, 0.29) is 18.1 Å². The molecule has 2 fully saturated rings. The van der Waals surface area contributed by atoms with E-state index in [1.807, 2.05) is 0 Å². The maximum absolute atomic E-state index is 12.4. The number of hydrazine groups is 1. The normalized spacial score (nSPS) is 32.6. The lowest BCUT2D eigenvalue weighted by molar-refractivity contribution is -0.0353. The van der Waals surface area contributed by atoms with Crippen LogP contribution in [-0.4, -0.2) is 48.0 Å². The van der Waals surface area contributed by atoms with Gasteiger partial charge in [0.05, 0.1) is 25.8 Å². The second-order valence-corrected chi connectivity index (χ2v) is 6.39. The fraction of sp³-hybridized carbons (Fsp3) is 0.750. The first-order chi connectivity index (χ1) is 10.5. The smallest absolute Gasteiger partial charge is 0.429 e. The molecule has 0 bridgehead atoms. The van der Waals surface area contributed by atoms with Gasteiger partial charge in [-0.25, -0.2) is 19.6 Å². The van der Waals surface area contributed by atoms with Gasteiger partial charge in [-0.2, -0.15) is 0 Å². The van der Waals surface area contributed by atoms with Crippen molar-refractivity contribution in [2.75, 3.05) is 19.8 Å². The molecule has 0 radical (unpaired) electrons. The third kappa shape index (κ3) is 2.08. The van der Waals surface area contributed by atoms with Gasteiger partial charge in [-0.3, -0.25) is 0 Å². The van der Waals surface area contributed by atoms with E-state index in [2.05, 4.69) is 13.0 Å². The Morgan fingerprint density at radius 2 is 1.95 bits per heavy atom. The maximum atomic E-state index is 12.4. The molecule has 122 valence electrons. The van der Waals surface area contributed by atoms with Crippen LogP contribution < -0.4 is 0 Å². The van der Waals surface area contributed by atoms with Crippen molar-refractivity contribution in [3.63, 3.8) is 0 Å². The largest absolute Gasteiger partial charge is 0.448 e. The third-order valence-corrected chi connectivity index (χ3v) is 5.41. The summed E-state index contributed by atoms with van der Waals surface area (Å²) >= 11 is 0. The van der Waals surface area contributed by atoms with Crippen LogP contribution in [0.4, 0.5) is 9.59 Å². The first kappa shape index (κ1) is 15.2. The van der Waals surface area contributed by atoms with Crippen LogP contribution in [0, 0.1) is 11.3 Å². The summed E-state index contributed by atoms with van der Waals surface area (Å²) < 4.78 is 10.3. The van der Waals surface area contributed by atoms with E-state index < -0.39 is 12.2 Å². The number of hydrogen-bond donors (Lipinski definition) is 0. The van der Waals surface area contributed by atoms with Gasteiger partial charge in [-0.15, -0.1) is 0 Å². The van der Waals surface area contributed by atoms with Gasteiger partial charge < -0.3 is 9.47 Å². The quantitative estimate of drug-likeness (QED) is 0.736. The first-order valence-corrected chi connectivity index (χ1v) is 8.13. The molecule has 2 saturated carbocycles. The molecule has 0 N–H and O–H groups in total. The molecule has 0 unspecified atom stereocenters. The summed E-state index contributed by atoms with van der Waals surface area (Å²) in [6, 6.07) is -0.0743. The Balaban J connectivity index is 1.90. The monoisotopic (exact) mass is 308 g/mol. The van der Waals surface area contributed by atoms with E-state index >= 15 is 0 Å². The summed E-state index contributed by atoms with van der Waals surface area (Å²) in [5.74, 6) is 0.600. The zero-order valence-electron chi connectivity index (χ0n) is 13.5. The number of nitrogens with zero attached hydrogens (tertiary/aromatic N) is 2. The zero-order chi connectivity index (χ0) is 15.9. The van der Waals surface area contributed by atoms with Gasteiger partial charge in [0, 0.05) is 0 Å². The summed E-state index contributed by atoms with van der Waals surface area (Å²) in [4.78, 5) is 24.6. The van der Waals surface area contributed by atoms with Crippen molar-refractivity contribution >= 4 is 12.2 Å². The fourth-order valence-electron chi connectivity index (χ4n) is 4.13. The van der Waals surface area contributed by atoms with Crippen molar-refractivity contribution < 1.29 is 19.1 Å². The average molecular weight is 308 g/mol. The predicted octanol–water partition coefficient (Wildman–Crippen LogP) is 2.95. The summed E-state index contributed by atoms with van der Waals surface area (Å²) in [5.41, 5.74) is 1.48. The lowest BCUT2D eigenvalue weighted by Crippen LogP contribution is -2.57. The number of fused-ring (bicyclic) bond motifs is 3. The van der Waals surface area contributed by atoms with Crippen LogP contribution in [0.3, 0.4) is 0 Å². The zero-order valence-corrected chi connectivity index (χ0v) is 13.5. The van der Waals surface area contributed by atoms with E-state index in [0.717, 1.165) is 12.8 Å². The molecule has 0 aromatic carbocycles. The molecule has 3 rings (SSSR count). The molecule has 3 atom stereocenters. The van der Waals surface area contributed by atoms with Gasteiger partial charge in [0.15, 0.2) is 0 Å². The summed E-state index contributed by atoms with van der Waals surface area (Å²) in [5, 5.41) is 2.87. The second kappa shape index (κ2) is 5.48. The minimum absolute atomic E-state index is 0.0743. The van der Waals surface area contributed by atoms with Crippen LogP contribution in [-0.2, 0) is 9.47 Å². The van der Waals surface area contributed by atoms with E-state index in [1.165, 1.54) is 22.0 Å². The minimum atomic E-state index is -0.491. The number of amides is 2. The summed E-state index contributed by atoms with van der Waals surface area (Å²) in [6.45, 7) is 6.75. The molecule has 0 spiro atoms. The van der Waals surface area contributed by atoms with Crippen molar-refractivity contribution in [3.05, 3.63) is 11.6 Å². The molecular formula is C16H24N2O4. The molecule has 2 aliphatic carbocycles. The maximum Gasteiger partial charge on any atom is 0.429 e. The standard InChI is InChI=1S/C16H24N2O4/c1-4-21-14(19)17-9-7-12-13(18(17)15(20)22-5-2)10-11-6-8-16(11,12)3/h7,11,13H,4-6,8-10H2,1-3H3/t11-,13+,16+/m1/s1. The number of rotatable bonds is 2. The Bertz CT molecular complexity index is 518. The number of hydrogen-bond acceptors (Lipinski definition) is 4. The molecule has 2 amide bonds. The Hall–Kier alpha value is -1.72. The highest BCUT2D eigenvalue weighted by atomic mass is 16.6. The van der Waals surface area contributed by atoms with Crippen LogP contribution in [0.15, 0.2) is 11.6 Å². The van der Waals surface area contributed by atoms with Crippen LogP contribution in [0.25, 0.3) is 0 Å². The van der Waals surface area contributed by atoms with Crippen LogP contribution in [0.2, 0.25) is 0 Å². The van der Waals surface area contributed by atoms with Gasteiger partial charge >= 0.3 is 12.2 Å². The number of carbonyl (C=O) groups is 2. The highest BCUT2D eigenvalue weighted by Gasteiger charge is 2.58. The van der Waals surface area contributed by atoms with Gasteiger partial charge in [-0.1, -0.05) is 13.0 Å². The van der Waals surface area contributed by atoms with Crippen molar-refractivity contribution in [3.8, 4) is 0 Å². The SMILES string of the molecule is CCOC(=O)N1CC=C2[C@H](C[C@H]3CC[C@]23C)N1C(=O)OCC. The average Bonchev–Trinajstić information content (AvgIpc) is 2.68. The van der Waals surface area contributed by atoms with E-state index in [0.29, 0.717) is 19.1 Å². The van der Waals surface area contributed by atoms with Crippen LogP contribution in [0.5, 0.6) is 0 Å². The van der Waals surface area contributed by atoms with Crippen molar-refractivity contribution in [1.29, 1.82) is 0 Å². The summed E-state index contributed by atoms with van der Waals surface area (Å²) in [7, 11) is 0. The Kier molecular flexibility index (Phi) is 3.78. The number of ether oxygens (including phenoxy) is 2. The van der Waals surface area contributed by atoms with E-state index in [9.17, 15) is 9.59 Å². The Labute approximate surface area is 131 Å². The van der Waals surface area contributed by atoms with Crippen molar-refractivity contribution in [2.24, 2.45) is 11.3 Å². The highest BCUT2D eigenvalue weighted by molar-refractivity contribution is 5.76. The van der Waals surface area contributed by atoms with Gasteiger partial charge in [0.25, 0.3) is 0 Å². The van der Waals surface area contributed by atoms with Crippen molar-refractivity contribution in [2.45, 2.75) is 46.1 Å².